The van der Waals surface area contributed by atoms with Crippen molar-refractivity contribution in [1.29, 1.82) is 0 Å². The van der Waals surface area contributed by atoms with Crippen molar-refractivity contribution in [3.8, 4) is 0 Å². The number of nitrogens with one attached hydrogen (secondary N) is 2. The molecule has 2 aromatic heterocycles. The predicted molar refractivity (Wildman–Crippen MR) is 152 cm³/mol. The smallest absolute Gasteiger partial charge is 0.233 e. The summed E-state index contributed by atoms with van der Waals surface area (Å²) in [6.07, 6.45) is 10.0. The number of sulfonamides is 1. The summed E-state index contributed by atoms with van der Waals surface area (Å²) < 4.78 is 30.6. The molecule has 2 N–H and O–H groups in total. The van der Waals surface area contributed by atoms with E-state index in [0.717, 1.165) is 61.8 Å². The Balaban J connectivity index is 1.26. The number of aromatic nitrogens is 4. The van der Waals surface area contributed by atoms with E-state index in [-0.39, 0.29) is 12.4 Å². The Morgan fingerprint density at radius 2 is 1.85 bits per heavy atom. The van der Waals surface area contributed by atoms with Crippen LogP contribution in [0.25, 0.3) is 0 Å². The molecular formula is C26H33ClN8O3S. The van der Waals surface area contributed by atoms with E-state index in [9.17, 15) is 8.42 Å². The first-order valence-corrected chi connectivity index (χ1v) is 15.2. The van der Waals surface area contributed by atoms with Crippen LogP contribution in [-0.2, 0) is 34.1 Å². The van der Waals surface area contributed by atoms with Gasteiger partial charge in [-0.25, -0.2) is 18.4 Å². The number of morpholine rings is 1. The minimum absolute atomic E-state index is 0.169. The average molecular weight is 573 g/mol. The van der Waals surface area contributed by atoms with Crippen molar-refractivity contribution < 1.29 is 13.2 Å². The summed E-state index contributed by atoms with van der Waals surface area (Å²) in [6.45, 7) is 3.86. The van der Waals surface area contributed by atoms with Gasteiger partial charge in [0.25, 0.3) is 0 Å². The van der Waals surface area contributed by atoms with Gasteiger partial charge in [0, 0.05) is 44.3 Å². The van der Waals surface area contributed by atoms with E-state index < -0.39 is 10.0 Å². The molecular weight excluding hydrogens is 540 g/mol. The van der Waals surface area contributed by atoms with Crippen LogP contribution < -0.4 is 14.9 Å². The molecule has 3 aromatic rings. The largest absolute Gasteiger partial charge is 0.379 e. The second kappa shape index (κ2) is 12.0. The number of aryl methyl sites for hydroxylation is 2. The summed E-state index contributed by atoms with van der Waals surface area (Å²) in [6, 6.07) is 7.04. The van der Waals surface area contributed by atoms with Crippen molar-refractivity contribution in [1.82, 2.24) is 24.8 Å². The lowest BCUT2D eigenvalue weighted by Crippen LogP contribution is -2.43. The first-order chi connectivity index (χ1) is 18.8. The van der Waals surface area contributed by atoms with E-state index in [4.69, 9.17) is 16.3 Å². The second-order valence-corrected chi connectivity index (χ2v) is 12.2. The monoisotopic (exact) mass is 572 g/mol. The van der Waals surface area contributed by atoms with Crippen molar-refractivity contribution in [2.45, 2.75) is 38.3 Å². The second-order valence-electron chi connectivity index (χ2n) is 9.79. The lowest BCUT2D eigenvalue weighted by atomic mass is 10.0. The van der Waals surface area contributed by atoms with Gasteiger partial charge in [0.05, 0.1) is 32.2 Å². The van der Waals surface area contributed by atoms with Crippen LogP contribution in [0.4, 0.5) is 23.3 Å². The third-order valence-electron chi connectivity index (χ3n) is 7.23. The Kier molecular flexibility index (Phi) is 8.46. The molecule has 2 aliphatic rings. The Bertz CT molecular complexity index is 1420. The van der Waals surface area contributed by atoms with E-state index in [1.54, 1.807) is 0 Å². The fourth-order valence-electron chi connectivity index (χ4n) is 5.03. The van der Waals surface area contributed by atoms with Crippen LogP contribution >= 0.6 is 11.6 Å². The van der Waals surface area contributed by atoms with Gasteiger partial charge in [-0.1, -0.05) is 17.7 Å². The number of rotatable bonds is 8. The highest BCUT2D eigenvalue weighted by molar-refractivity contribution is 7.92. The number of anilines is 4. The van der Waals surface area contributed by atoms with E-state index in [0.29, 0.717) is 28.5 Å². The highest BCUT2D eigenvalue weighted by atomic mass is 35.5. The standard InChI is InChI=1S/C26H33ClN8O3S/c1-34(39(2,36)37)25-23(28-9-10-29-25)17-30-24-22(27)16-31-26(33-24)32-20-6-3-18-4-7-21(8-5-19(18)15-20)35-11-13-38-14-12-35/h3,6,9-10,15-16,21H,4-5,7-8,11-14,17H2,1-2H3,(H2,30,31,32,33). The molecule has 11 nitrogen and oxygen atoms in total. The third kappa shape index (κ3) is 6.75. The minimum atomic E-state index is -3.49. The first kappa shape index (κ1) is 27.5. The van der Waals surface area contributed by atoms with Gasteiger partial charge in [-0.3, -0.25) is 14.2 Å². The van der Waals surface area contributed by atoms with Crippen molar-refractivity contribution in [2.75, 3.05) is 54.5 Å². The van der Waals surface area contributed by atoms with Crippen molar-refractivity contribution in [3.63, 3.8) is 0 Å². The third-order valence-corrected chi connectivity index (χ3v) is 8.68. The molecule has 1 atom stereocenters. The molecule has 1 aliphatic heterocycles. The Labute approximate surface area is 234 Å². The van der Waals surface area contributed by atoms with E-state index >= 15 is 0 Å². The molecule has 0 amide bonds. The van der Waals surface area contributed by atoms with Crippen molar-refractivity contribution in [2.24, 2.45) is 0 Å². The first-order valence-electron chi connectivity index (χ1n) is 13.0. The lowest BCUT2D eigenvalue weighted by molar-refractivity contribution is 0.0136. The Hall–Kier alpha value is -3.06. The van der Waals surface area contributed by atoms with Crippen molar-refractivity contribution >= 4 is 44.9 Å². The number of fused-ring (bicyclic) bond motifs is 1. The number of halogens is 1. The summed E-state index contributed by atoms with van der Waals surface area (Å²) in [5.41, 5.74) is 4.11. The maximum atomic E-state index is 12.0. The van der Waals surface area contributed by atoms with Crippen LogP contribution in [0.3, 0.4) is 0 Å². The SMILES string of the molecule is CN(c1nccnc1CNc1nc(Nc2ccc3c(c2)CCC(N2CCOCC2)CC3)ncc1Cl)S(C)(=O)=O. The van der Waals surface area contributed by atoms with Gasteiger partial charge in [0.15, 0.2) is 11.6 Å². The van der Waals surface area contributed by atoms with Crippen LogP contribution in [0.15, 0.2) is 36.8 Å². The molecule has 208 valence electrons. The molecule has 5 rings (SSSR count). The van der Waals surface area contributed by atoms with Gasteiger partial charge < -0.3 is 15.4 Å². The highest BCUT2D eigenvalue weighted by Crippen LogP contribution is 2.28. The molecule has 39 heavy (non-hydrogen) atoms. The van der Waals surface area contributed by atoms with Crippen molar-refractivity contribution in [3.05, 3.63) is 58.6 Å². The summed E-state index contributed by atoms with van der Waals surface area (Å²) in [7, 11) is -2.06. The average Bonchev–Trinajstić information content (AvgIpc) is 3.15. The zero-order valence-corrected chi connectivity index (χ0v) is 23.7. The number of benzene rings is 1. The van der Waals surface area contributed by atoms with Crippen LogP contribution in [-0.4, -0.2) is 78.9 Å². The van der Waals surface area contributed by atoms with Gasteiger partial charge in [-0.15, -0.1) is 0 Å². The topological polar surface area (TPSA) is 125 Å². The summed E-state index contributed by atoms with van der Waals surface area (Å²) in [4.78, 5) is 19.9. The number of ether oxygens (including phenoxy) is 1. The van der Waals surface area contributed by atoms with E-state index in [1.807, 2.05) is 0 Å². The molecule has 0 bridgehead atoms. The van der Waals surface area contributed by atoms with Gasteiger partial charge in [-0.2, -0.15) is 4.98 Å². The van der Waals surface area contributed by atoms with Crippen LogP contribution in [0.1, 0.15) is 29.7 Å². The molecule has 0 radical (unpaired) electrons. The lowest BCUT2D eigenvalue weighted by Gasteiger charge is -2.33. The Morgan fingerprint density at radius 1 is 1.10 bits per heavy atom. The molecule has 1 saturated heterocycles. The quantitative estimate of drug-likeness (QED) is 0.388. The fraction of sp³-hybridized carbons (Fsp3) is 0.462. The predicted octanol–water partition coefficient (Wildman–Crippen LogP) is 3.25. The minimum Gasteiger partial charge on any atom is -0.379 e. The summed E-state index contributed by atoms with van der Waals surface area (Å²) >= 11 is 6.36. The van der Waals surface area contributed by atoms with Crippen LogP contribution in [0, 0.1) is 0 Å². The zero-order valence-electron chi connectivity index (χ0n) is 22.1. The molecule has 3 heterocycles. The van der Waals surface area contributed by atoms with Gasteiger partial charge >= 0.3 is 0 Å². The number of nitrogens with zero attached hydrogens (tertiary/aromatic N) is 6. The summed E-state index contributed by atoms with van der Waals surface area (Å²) in [5, 5.41) is 6.77. The normalized spacial score (nSPS) is 18.2. The fourth-order valence-corrected chi connectivity index (χ4v) is 5.65. The molecule has 13 heteroatoms. The highest BCUT2D eigenvalue weighted by Gasteiger charge is 2.24. The molecule has 1 unspecified atom stereocenters. The van der Waals surface area contributed by atoms with Gasteiger partial charge in [-0.05, 0) is 48.9 Å². The van der Waals surface area contributed by atoms with E-state index in [2.05, 4.69) is 53.7 Å². The molecule has 1 fully saturated rings. The Morgan fingerprint density at radius 3 is 2.62 bits per heavy atom. The van der Waals surface area contributed by atoms with Crippen LogP contribution in [0.2, 0.25) is 5.02 Å². The number of hydrogen-bond acceptors (Lipinski definition) is 10. The van der Waals surface area contributed by atoms with Gasteiger partial charge in [0.1, 0.15) is 10.7 Å². The maximum Gasteiger partial charge on any atom is 0.233 e. The molecule has 1 aliphatic carbocycles. The van der Waals surface area contributed by atoms with Gasteiger partial charge in [0.2, 0.25) is 16.0 Å². The molecule has 0 saturated carbocycles. The summed E-state index contributed by atoms with van der Waals surface area (Å²) in [5.74, 6) is 1.03. The number of hydrogen-bond donors (Lipinski definition) is 2. The maximum absolute atomic E-state index is 12.0. The van der Waals surface area contributed by atoms with Crippen LogP contribution in [0.5, 0.6) is 0 Å². The zero-order chi connectivity index (χ0) is 27.4. The molecule has 0 spiro atoms. The van der Waals surface area contributed by atoms with E-state index in [1.165, 1.54) is 43.2 Å². The molecule has 1 aromatic carbocycles.